The molecule has 1 aromatic carbocycles. The van der Waals surface area contributed by atoms with E-state index in [1.807, 2.05) is 19.9 Å². The standard InChI is InChI=1S/C16H21FN2OS.ClH/c1-4-16(5-2,9-18)19-15(20)14-10(3)13-11(17)7-6-8-12(13)21-14;/h6-8H,4-5,9,18H2,1-3H3,(H,19,20);1H. The van der Waals surface area contributed by atoms with E-state index in [4.69, 9.17) is 5.73 Å². The Morgan fingerprint density at radius 1 is 1.36 bits per heavy atom. The Hall–Kier alpha value is -1.17. The van der Waals surface area contributed by atoms with E-state index in [0.717, 1.165) is 17.5 Å². The first-order valence-corrected chi connectivity index (χ1v) is 7.99. The van der Waals surface area contributed by atoms with Gasteiger partial charge in [-0.05, 0) is 37.5 Å². The monoisotopic (exact) mass is 344 g/mol. The van der Waals surface area contributed by atoms with E-state index in [1.165, 1.54) is 17.4 Å². The van der Waals surface area contributed by atoms with Crippen molar-refractivity contribution < 1.29 is 9.18 Å². The van der Waals surface area contributed by atoms with Crippen molar-refractivity contribution in [1.82, 2.24) is 5.32 Å². The normalized spacial score (nSPS) is 11.3. The Morgan fingerprint density at radius 3 is 2.50 bits per heavy atom. The lowest BCUT2D eigenvalue weighted by atomic mass is 9.92. The van der Waals surface area contributed by atoms with Crippen molar-refractivity contribution >= 4 is 39.7 Å². The minimum absolute atomic E-state index is 0. The number of halogens is 2. The van der Waals surface area contributed by atoms with E-state index >= 15 is 0 Å². The van der Waals surface area contributed by atoms with Crippen LogP contribution in [0.2, 0.25) is 0 Å². The number of thiophene rings is 1. The zero-order valence-corrected chi connectivity index (χ0v) is 14.7. The molecule has 6 heteroatoms. The third-order valence-electron chi connectivity index (χ3n) is 4.23. The van der Waals surface area contributed by atoms with Gasteiger partial charge in [-0.3, -0.25) is 4.79 Å². The lowest BCUT2D eigenvalue weighted by molar-refractivity contribution is 0.0899. The van der Waals surface area contributed by atoms with Crippen LogP contribution in [0.15, 0.2) is 18.2 Å². The molecule has 0 unspecified atom stereocenters. The smallest absolute Gasteiger partial charge is 0.262 e. The number of carbonyl (C=O) groups excluding carboxylic acids is 1. The van der Waals surface area contributed by atoms with Gasteiger partial charge in [-0.1, -0.05) is 19.9 Å². The minimum atomic E-state index is -0.391. The molecule has 122 valence electrons. The van der Waals surface area contributed by atoms with Gasteiger partial charge in [0, 0.05) is 16.6 Å². The molecule has 0 aliphatic rings. The Morgan fingerprint density at radius 2 is 2.00 bits per heavy atom. The Labute approximate surface area is 140 Å². The fourth-order valence-corrected chi connectivity index (χ4v) is 3.65. The molecule has 0 aliphatic heterocycles. The summed E-state index contributed by atoms with van der Waals surface area (Å²) in [6.45, 7) is 6.20. The molecule has 0 spiro atoms. The lowest BCUT2D eigenvalue weighted by Crippen LogP contribution is -2.52. The lowest BCUT2D eigenvalue weighted by Gasteiger charge is -2.31. The average molecular weight is 345 g/mol. The molecule has 0 saturated carbocycles. The molecule has 1 amide bonds. The van der Waals surface area contributed by atoms with Gasteiger partial charge in [-0.15, -0.1) is 23.7 Å². The summed E-state index contributed by atoms with van der Waals surface area (Å²) in [6.07, 6.45) is 1.54. The predicted octanol–water partition coefficient (Wildman–Crippen LogP) is 4.02. The number of nitrogens with two attached hydrogens (primary N) is 1. The van der Waals surface area contributed by atoms with Crippen LogP contribution in [0.5, 0.6) is 0 Å². The maximum atomic E-state index is 13.9. The first-order valence-electron chi connectivity index (χ1n) is 7.18. The van der Waals surface area contributed by atoms with Crippen LogP contribution in [0.25, 0.3) is 10.1 Å². The largest absolute Gasteiger partial charge is 0.345 e. The molecule has 3 N–H and O–H groups in total. The Bertz CT molecular complexity index is 659. The quantitative estimate of drug-likeness (QED) is 0.860. The molecule has 22 heavy (non-hydrogen) atoms. The van der Waals surface area contributed by atoms with Crippen LogP contribution in [0.1, 0.15) is 41.9 Å². The summed E-state index contributed by atoms with van der Waals surface area (Å²) in [4.78, 5) is 13.1. The van der Waals surface area contributed by atoms with Crippen LogP contribution < -0.4 is 11.1 Å². The van der Waals surface area contributed by atoms with Crippen molar-refractivity contribution in [2.45, 2.75) is 39.2 Å². The van der Waals surface area contributed by atoms with E-state index in [9.17, 15) is 9.18 Å². The Balaban J connectivity index is 0.00000242. The minimum Gasteiger partial charge on any atom is -0.345 e. The molecule has 0 saturated heterocycles. The summed E-state index contributed by atoms with van der Waals surface area (Å²) in [5.74, 6) is -0.446. The second-order valence-electron chi connectivity index (χ2n) is 5.31. The van der Waals surface area contributed by atoms with Gasteiger partial charge < -0.3 is 11.1 Å². The van der Waals surface area contributed by atoms with E-state index in [2.05, 4.69) is 5.32 Å². The van der Waals surface area contributed by atoms with Gasteiger partial charge in [0.1, 0.15) is 5.82 Å². The summed E-state index contributed by atoms with van der Waals surface area (Å²) in [5.41, 5.74) is 6.13. The Kier molecular flexibility index (Phi) is 6.35. The molecule has 2 rings (SSSR count). The van der Waals surface area contributed by atoms with E-state index in [1.54, 1.807) is 13.0 Å². The summed E-state index contributed by atoms with van der Waals surface area (Å²) in [6, 6.07) is 4.92. The molecule has 3 nitrogen and oxygen atoms in total. The predicted molar refractivity (Wildman–Crippen MR) is 93.6 cm³/mol. The number of aryl methyl sites for hydroxylation is 1. The van der Waals surface area contributed by atoms with Crippen LogP contribution in [0, 0.1) is 12.7 Å². The molecule has 0 radical (unpaired) electrons. The van der Waals surface area contributed by atoms with Crippen LogP contribution >= 0.6 is 23.7 Å². The van der Waals surface area contributed by atoms with Gasteiger partial charge in [0.25, 0.3) is 5.91 Å². The molecule has 1 heterocycles. The van der Waals surface area contributed by atoms with Crippen molar-refractivity contribution in [2.24, 2.45) is 5.73 Å². The number of carbonyl (C=O) groups is 1. The SMILES string of the molecule is CCC(CC)(CN)NC(=O)c1sc2cccc(F)c2c1C.Cl. The second kappa shape index (κ2) is 7.40. The average Bonchev–Trinajstić information content (AvgIpc) is 2.83. The van der Waals surface area contributed by atoms with Crippen molar-refractivity contribution in [3.05, 3.63) is 34.5 Å². The van der Waals surface area contributed by atoms with Gasteiger partial charge in [0.05, 0.1) is 10.4 Å². The van der Waals surface area contributed by atoms with Gasteiger partial charge in [-0.2, -0.15) is 0 Å². The number of nitrogens with one attached hydrogen (secondary N) is 1. The summed E-state index contributed by atoms with van der Waals surface area (Å²) in [5, 5.41) is 3.58. The molecule has 0 fully saturated rings. The van der Waals surface area contributed by atoms with Crippen LogP contribution in [-0.2, 0) is 0 Å². The molecular weight excluding hydrogens is 323 g/mol. The van der Waals surface area contributed by atoms with Gasteiger partial charge in [0.2, 0.25) is 0 Å². The molecule has 0 bridgehead atoms. The molecule has 2 aromatic rings. The van der Waals surface area contributed by atoms with Crippen LogP contribution in [0.3, 0.4) is 0 Å². The van der Waals surface area contributed by atoms with E-state index in [0.29, 0.717) is 22.4 Å². The zero-order chi connectivity index (χ0) is 15.6. The van der Waals surface area contributed by atoms with Crippen molar-refractivity contribution in [1.29, 1.82) is 0 Å². The highest BCUT2D eigenvalue weighted by molar-refractivity contribution is 7.21. The highest BCUT2D eigenvalue weighted by Crippen LogP contribution is 2.33. The van der Waals surface area contributed by atoms with Gasteiger partial charge in [-0.25, -0.2) is 4.39 Å². The van der Waals surface area contributed by atoms with Gasteiger partial charge in [0.15, 0.2) is 0 Å². The topological polar surface area (TPSA) is 55.1 Å². The number of hydrogen-bond acceptors (Lipinski definition) is 3. The van der Waals surface area contributed by atoms with Crippen LogP contribution in [0.4, 0.5) is 4.39 Å². The molecule has 0 aliphatic carbocycles. The highest BCUT2D eigenvalue weighted by atomic mass is 35.5. The second-order valence-corrected chi connectivity index (χ2v) is 6.37. The summed E-state index contributed by atoms with van der Waals surface area (Å²) >= 11 is 1.33. The fraction of sp³-hybridized carbons (Fsp3) is 0.438. The number of rotatable bonds is 5. The third-order valence-corrected chi connectivity index (χ3v) is 5.49. The first kappa shape index (κ1) is 18.9. The van der Waals surface area contributed by atoms with Crippen molar-refractivity contribution in [2.75, 3.05) is 6.54 Å². The number of fused-ring (bicyclic) bond motifs is 1. The maximum Gasteiger partial charge on any atom is 0.262 e. The number of benzene rings is 1. The molecule has 1 aromatic heterocycles. The molecule has 0 atom stereocenters. The number of amides is 1. The zero-order valence-electron chi connectivity index (χ0n) is 13.0. The van der Waals surface area contributed by atoms with Crippen LogP contribution in [-0.4, -0.2) is 18.0 Å². The summed E-state index contributed by atoms with van der Waals surface area (Å²) < 4.78 is 14.7. The highest BCUT2D eigenvalue weighted by Gasteiger charge is 2.28. The van der Waals surface area contributed by atoms with Gasteiger partial charge >= 0.3 is 0 Å². The van der Waals surface area contributed by atoms with Crippen molar-refractivity contribution in [3.63, 3.8) is 0 Å². The summed E-state index contributed by atoms with van der Waals surface area (Å²) in [7, 11) is 0. The maximum absolute atomic E-state index is 13.9. The van der Waals surface area contributed by atoms with Crippen molar-refractivity contribution in [3.8, 4) is 0 Å². The fourth-order valence-electron chi connectivity index (χ4n) is 2.53. The number of hydrogen-bond donors (Lipinski definition) is 2. The van der Waals surface area contributed by atoms with E-state index < -0.39 is 5.54 Å². The first-order chi connectivity index (χ1) is 9.98. The third kappa shape index (κ3) is 3.26. The van der Waals surface area contributed by atoms with E-state index in [-0.39, 0.29) is 24.1 Å². The molecular formula is C16H22ClFN2OS.